The molecule has 25 heavy (non-hydrogen) atoms. The van der Waals surface area contributed by atoms with E-state index in [2.05, 4.69) is 5.32 Å². The van der Waals surface area contributed by atoms with Crippen molar-refractivity contribution in [3.63, 3.8) is 0 Å². The van der Waals surface area contributed by atoms with Crippen LogP contribution in [-0.2, 0) is 14.4 Å². The largest absolute Gasteiger partial charge is 0.465 e. The molecular formula is C15H24N4O6. The number of likely N-dealkylation sites (tertiary alicyclic amines) is 2. The van der Waals surface area contributed by atoms with E-state index in [9.17, 15) is 24.3 Å². The van der Waals surface area contributed by atoms with Crippen molar-refractivity contribution in [1.82, 2.24) is 15.1 Å². The van der Waals surface area contributed by atoms with E-state index >= 15 is 0 Å². The zero-order valence-corrected chi connectivity index (χ0v) is 14.1. The number of primary amides is 1. The molecule has 140 valence electrons. The summed E-state index contributed by atoms with van der Waals surface area (Å²) in [7, 11) is 0. The van der Waals surface area contributed by atoms with E-state index in [-0.39, 0.29) is 12.5 Å². The van der Waals surface area contributed by atoms with Gasteiger partial charge in [0.25, 0.3) is 0 Å². The van der Waals surface area contributed by atoms with E-state index in [0.29, 0.717) is 32.4 Å². The molecule has 2 aliphatic rings. The second-order valence-corrected chi connectivity index (χ2v) is 6.55. The Morgan fingerprint density at radius 1 is 1.20 bits per heavy atom. The van der Waals surface area contributed by atoms with Gasteiger partial charge in [-0.2, -0.15) is 0 Å². The number of aliphatic hydroxyl groups is 1. The number of carbonyl (C=O) groups excluding carboxylic acids is 3. The Balaban J connectivity index is 1.97. The Kier molecular flexibility index (Phi) is 5.83. The van der Waals surface area contributed by atoms with E-state index in [4.69, 9.17) is 10.8 Å². The van der Waals surface area contributed by atoms with Crippen molar-refractivity contribution in [2.24, 2.45) is 11.7 Å². The Morgan fingerprint density at radius 2 is 1.88 bits per heavy atom. The van der Waals surface area contributed by atoms with Crippen LogP contribution in [0.2, 0.25) is 0 Å². The summed E-state index contributed by atoms with van der Waals surface area (Å²) in [5.41, 5.74) is 5.00. The molecule has 0 bridgehead atoms. The molecule has 2 saturated heterocycles. The van der Waals surface area contributed by atoms with Crippen molar-refractivity contribution >= 4 is 23.8 Å². The maximum Gasteiger partial charge on any atom is 0.407 e. The summed E-state index contributed by atoms with van der Waals surface area (Å²) in [6, 6.07) is -1.55. The van der Waals surface area contributed by atoms with Gasteiger partial charge in [-0.3, -0.25) is 14.4 Å². The molecule has 10 nitrogen and oxygen atoms in total. The molecule has 4 atom stereocenters. The van der Waals surface area contributed by atoms with Crippen molar-refractivity contribution in [1.29, 1.82) is 0 Å². The molecule has 10 heteroatoms. The predicted octanol–water partition coefficient (Wildman–Crippen LogP) is -1.67. The fraction of sp³-hybridized carbons (Fsp3) is 0.733. The van der Waals surface area contributed by atoms with Crippen molar-refractivity contribution in [3.8, 4) is 0 Å². The summed E-state index contributed by atoms with van der Waals surface area (Å²) < 4.78 is 0. The highest BCUT2D eigenvalue weighted by molar-refractivity contribution is 5.90. The van der Waals surface area contributed by atoms with Crippen molar-refractivity contribution in [2.45, 2.75) is 44.4 Å². The second-order valence-electron chi connectivity index (χ2n) is 6.55. The first-order valence-electron chi connectivity index (χ1n) is 8.28. The number of nitrogens with two attached hydrogens (primary N) is 1. The van der Waals surface area contributed by atoms with Crippen LogP contribution in [0.25, 0.3) is 0 Å². The van der Waals surface area contributed by atoms with Gasteiger partial charge in [0.15, 0.2) is 6.10 Å². The number of carbonyl (C=O) groups is 4. The van der Waals surface area contributed by atoms with Gasteiger partial charge < -0.3 is 31.1 Å². The van der Waals surface area contributed by atoms with Crippen LogP contribution < -0.4 is 11.1 Å². The Labute approximate surface area is 144 Å². The van der Waals surface area contributed by atoms with Crippen molar-refractivity contribution < 1.29 is 29.4 Å². The van der Waals surface area contributed by atoms with Crippen LogP contribution in [0.1, 0.15) is 26.2 Å². The minimum Gasteiger partial charge on any atom is -0.465 e. The molecular weight excluding hydrogens is 332 g/mol. The molecule has 2 heterocycles. The molecule has 4 amide bonds. The van der Waals surface area contributed by atoms with E-state index in [1.54, 1.807) is 0 Å². The molecule has 0 aliphatic carbocycles. The summed E-state index contributed by atoms with van der Waals surface area (Å²) >= 11 is 0. The highest BCUT2D eigenvalue weighted by atomic mass is 16.4. The smallest absolute Gasteiger partial charge is 0.407 e. The van der Waals surface area contributed by atoms with Gasteiger partial charge in [-0.25, -0.2) is 4.79 Å². The van der Waals surface area contributed by atoms with Gasteiger partial charge in [0.05, 0.1) is 12.0 Å². The van der Waals surface area contributed by atoms with Gasteiger partial charge >= 0.3 is 6.09 Å². The van der Waals surface area contributed by atoms with Gasteiger partial charge in [0.1, 0.15) is 6.04 Å². The van der Waals surface area contributed by atoms with Crippen LogP contribution in [-0.4, -0.2) is 81.6 Å². The summed E-state index contributed by atoms with van der Waals surface area (Å²) in [4.78, 5) is 49.7. The fourth-order valence-electron chi connectivity index (χ4n) is 3.32. The zero-order chi connectivity index (χ0) is 18.7. The van der Waals surface area contributed by atoms with Crippen LogP contribution in [0.5, 0.6) is 0 Å². The number of aliphatic hydroxyl groups excluding tert-OH is 1. The molecule has 0 aromatic rings. The minimum absolute atomic E-state index is 0.135. The molecule has 2 rings (SSSR count). The Bertz CT molecular complexity index is 568. The molecule has 5 N–H and O–H groups in total. The van der Waals surface area contributed by atoms with Gasteiger partial charge in [-0.1, -0.05) is 0 Å². The van der Waals surface area contributed by atoms with Gasteiger partial charge in [-0.15, -0.1) is 0 Å². The maximum absolute atomic E-state index is 12.7. The molecule has 2 aliphatic heterocycles. The summed E-state index contributed by atoms with van der Waals surface area (Å²) in [5.74, 6) is -2.07. The lowest BCUT2D eigenvalue weighted by Crippen LogP contribution is -2.54. The summed E-state index contributed by atoms with van der Waals surface area (Å²) in [6.07, 6.45) is -0.987. The van der Waals surface area contributed by atoms with E-state index in [1.807, 2.05) is 0 Å². The number of hydrogen-bond donors (Lipinski definition) is 4. The van der Waals surface area contributed by atoms with E-state index in [0.717, 1.165) is 0 Å². The summed E-state index contributed by atoms with van der Waals surface area (Å²) in [5, 5.41) is 21.1. The van der Waals surface area contributed by atoms with E-state index in [1.165, 1.54) is 16.7 Å². The lowest BCUT2D eigenvalue weighted by molar-refractivity contribution is -0.142. The average molecular weight is 356 g/mol. The quantitative estimate of drug-likeness (QED) is 0.462. The maximum atomic E-state index is 12.7. The normalized spacial score (nSPS) is 25.5. The lowest BCUT2D eigenvalue weighted by atomic mass is 10.1. The van der Waals surface area contributed by atoms with Crippen LogP contribution in [0, 0.1) is 5.92 Å². The monoisotopic (exact) mass is 356 g/mol. The molecule has 0 aromatic carbocycles. The molecule has 0 radical (unpaired) electrons. The highest BCUT2D eigenvalue weighted by Crippen LogP contribution is 2.25. The topological polar surface area (TPSA) is 153 Å². The number of hydrogen-bond acceptors (Lipinski definition) is 5. The third-order valence-electron chi connectivity index (χ3n) is 4.78. The van der Waals surface area contributed by atoms with Crippen LogP contribution >= 0.6 is 0 Å². The molecule has 0 aromatic heterocycles. The van der Waals surface area contributed by atoms with Crippen LogP contribution in [0.4, 0.5) is 4.79 Å². The number of nitrogens with one attached hydrogen (secondary N) is 1. The number of amides is 4. The lowest BCUT2D eigenvalue weighted by Gasteiger charge is -2.28. The first kappa shape index (κ1) is 19.0. The molecule has 0 saturated carbocycles. The molecule has 2 fully saturated rings. The van der Waals surface area contributed by atoms with Crippen LogP contribution in [0.3, 0.4) is 0 Å². The SMILES string of the molecule is C[C@H](NC(=O)[C@@H]1CCCN1C(=O)[C@@H]1CCN(C(=O)O)C1)[C@@H](O)C(N)=O. The summed E-state index contributed by atoms with van der Waals surface area (Å²) in [6.45, 7) is 2.32. The molecule has 0 unspecified atom stereocenters. The number of rotatable bonds is 5. The van der Waals surface area contributed by atoms with Crippen LogP contribution in [0.15, 0.2) is 0 Å². The predicted molar refractivity (Wildman–Crippen MR) is 85.2 cm³/mol. The molecule has 0 spiro atoms. The third-order valence-corrected chi connectivity index (χ3v) is 4.78. The van der Waals surface area contributed by atoms with E-state index < -0.39 is 42.0 Å². The Hall–Kier alpha value is -2.36. The van der Waals surface area contributed by atoms with Crippen molar-refractivity contribution in [3.05, 3.63) is 0 Å². The minimum atomic E-state index is -1.51. The third kappa shape index (κ3) is 4.19. The first-order chi connectivity index (χ1) is 11.7. The van der Waals surface area contributed by atoms with Crippen molar-refractivity contribution in [2.75, 3.05) is 19.6 Å². The first-order valence-corrected chi connectivity index (χ1v) is 8.28. The number of nitrogens with zero attached hydrogens (tertiary/aromatic N) is 2. The van der Waals surface area contributed by atoms with Gasteiger partial charge in [-0.05, 0) is 26.2 Å². The van der Waals surface area contributed by atoms with Gasteiger partial charge in [0.2, 0.25) is 17.7 Å². The fourth-order valence-corrected chi connectivity index (χ4v) is 3.32. The van der Waals surface area contributed by atoms with Gasteiger partial charge in [0, 0.05) is 19.6 Å². The highest BCUT2D eigenvalue weighted by Gasteiger charge is 2.40. The Morgan fingerprint density at radius 3 is 2.44 bits per heavy atom. The average Bonchev–Trinajstić information content (AvgIpc) is 3.22. The second kappa shape index (κ2) is 7.68. The number of carboxylic acid groups (broad SMARTS) is 1. The standard InChI is InChI=1S/C15H24N4O6/c1-8(11(20)12(16)21)17-13(22)10-3-2-5-19(10)14(23)9-4-6-18(7-9)15(24)25/h8-11,20H,2-7H2,1H3,(H2,16,21)(H,17,22)(H,24,25)/t8-,9+,10-,11+/m0/s1. The zero-order valence-electron chi connectivity index (χ0n) is 14.1.